The average molecular weight is 367 g/mol. The zero-order chi connectivity index (χ0) is 15.0. The van der Waals surface area contributed by atoms with Crippen LogP contribution in [0, 0.1) is 11.8 Å². The van der Waals surface area contributed by atoms with Crippen LogP contribution in [0.25, 0.3) is 10.1 Å². The molecular formula is C16H19BrN2OS. The summed E-state index contributed by atoms with van der Waals surface area (Å²) in [5.74, 6) is 1.27. The van der Waals surface area contributed by atoms with E-state index in [9.17, 15) is 4.79 Å². The van der Waals surface area contributed by atoms with E-state index in [0.29, 0.717) is 22.4 Å². The summed E-state index contributed by atoms with van der Waals surface area (Å²) in [7, 11) is 0. The molecule has 0 radical (unpaired) electrons. The number of nitrogens with two attached hydrogens (primary N) is 1. The molecule has 1 saturated carbocycles. The number of nitrogens with one attached hydrogen (secondary N) is 1. The Hall–Kier alpha value is -1.07. The maximum atomic E-state index is 12.4. The minimum atomic E-state index is -0.0419. The van der Waals surface area contributed by atoms with Crippen LogP contribution in [0.5, 0.6) is 0 Å². The summed E-state index contributed by atoms with van der Waals surface area (Å²) in [5.41, 5.74) is 6.75. The minimum Gasteiger partial charge on any atom is -0.397 e. The molecule has 21 heavy (non-hydrogen) atoms. The van der Waals surface area contributed by atoms with Crippen LogP contribution in [0.4, 0.5) is 5.69 Å². The van der Waals surface area contributed by atoms with Gasteiger partial charge in [0.1, 0.15) is 4.88 Å². The van der Waals surface area contributed by atoms with E-state index < -0.39 is 0 Å². The molecule has 0 aliphatic heterocycles. The van der Waals surface area contributed by atoms with Gasteiger partial charge in [0.25, 0.3) is 5.91 Å². The van der Waals surface area contributed by atoms with Gasteiger partial charge < -0.3 is 11.1 Å². The fourth-order valence-corrected chi connectivity index (χ4v) is 4.90. The molecule has 112 valence electrons. The summed E-state index contributed by atoms with van der Waals surface area (Å²) in [6, 6.07) is 5.91. The molecule has 1 aliphatic carbocycles. The van der Waals surface area contributed by atoms with E-state index in [1.54, 1.807) is 0 Å². The van der Waals surface area contributed by atoms with Gasteiger partial charge in [-0.05, 0) is 30.4 Å². The zero-order valence-electron chi connectivity index (χ0n) is 12.0. The summed E-state index contributed by atoms with van der Waals surface area (Å²) in [4.78, 5) is 13.0. The van der Waals surface area contributed by atoms with Crippen LogP contribution in [0.2, 0.25) is 0 Å². The number of thiophene rings is 1. The second kappa shape index (κ2) is 5.97. The van der Waals surface area contributed by atoms with Gasteiger partial charge in [-0.25, -0.2) is 0 Å². The van der Waals surface area contributed by atoms with E-state index in [0.717, 1.165) is 21.1 Å². The van der Waals surface area contributed by atoms with Crippen LogP contribution >= 0.6 is 27.3 Å². The van der Waals surface area contributed by atoms with Gasteiger partial charge in [0.15, 0.2) is 0 Å². The monoisotopic (exact) mass is 366 g/mol. The Bertz CT molecular complexity index is 682. The molecule has 1 fully saturated rings. The first-order valence-corrected chi connectivity index (χ1v) is 8.93. The van der Waals surface area contributed by atoms with Crippen molar-refractivity contribution in [2.24, 2.45) is 11.8 Å². The third-order valence-electron chi connectivity index (χ3n) is 4.47. The van der Waals surface area contributed by atoms with E-state index in [4.69, 9.17) is 5.73 Å². The highest BCUT2D eigenvalue weighted by atomic mass is 79.9. The Morgan fingerprint density at radius 3 is 2.95 bits per heavy atom. The highest BCUT2D eigenvalue weighted by Gasteiger charge is 2.25. The first-order valence-electron chi connectivity index (χ1n) is 7.32. The summed E-state index contributed by atoms with van der Waals surface area (Å²) in [6.45, 7) is 3.03. The molecule has 1 aliphatic rings. The molecule has 5 heteroatoms. The van der Waals surface area contributed by atoms with Crippen molar-refractivity contribution in [3.05, 3.63) is 27.5 Å². The van der Waals surface area contributed by atoms with Crippen molar-refractivity contribution in [1.82, 2.24) is 5.32 Å². The summed E-state index contributed by atoms with van der Waals surface area (Å²) < 4.78 is 1.98. The van der Waals surface area contributed by atoms with Crippen LogP contribution in [-0.2, 0) is 0 Å². The summed E-state index contributed by atoms with van der Waals surface area (Å²) in [5, 5.41) is 4.01. The maximum absolute atomic E-state index is 12.4. The van der Waals surface area contributed by atoms with Crippen molar-refractivity contribution in [2.75, 3.05) is 12.3 Å². The van der Waals surface area contributed by atoms with Crippen molar-refractivity contribution in [3.8, 4) is 0 Å². The van der Waals surface area contributed by atoms with Crippen molar-refractivity contribution in [1.29, 1.82) is 0 Å². The lowest BCUT2D eigenvalue weighted by molar-refractivity contribution is 0.0949. The summed E-state index contributed by atoms with van der Waals surface area (Å²) in [6.07, 6.45) is 3.77. The lowest BCUT2D eigenvalue weighted by atomic mass is 9.98. The van der Waals surface area contributed by atoms with E-state index in [-0.39, 0.29) is 5.91 Å². The Balaban J connectivity index is 1.78. The number of rotatable bonds is 3. The Kier molecular flexibility index (Phi) is 4.22. The molecule has 2 unspecified atom stereocenters. The quantitative estimate of drug-likeness (QED) is 0.844. The third kappa shape index (κ3) is 2.81. The molecule has 1 aromatic heterocycles. The Labute approximate surface area is 137 Å². The number of nitrogen functional groups attached to an aromatic ring is 1. The van der Waals surface area contributed by atoms with Crippen LogP contribution in [-0.4, -0.2) is 12.5 Å². The van der Waals surface area contributed by atoms with Crippen LogP contribution in [0.1, 0.15) is 35.9 Å². The smallest absolute Gasteiger partial charge is 0.263 e. The molecule has 0 spiro atoms. The Morgan fingerprint density at radius 1 is 1.48 bits per heavy atom. The number of fused-ring (bicyclic) bond motifs is 1. The van der Waals surface area contributed by atoms with Crippen LogP contribution in [0.3, 0.4) is 0 Å². The first-order chi connectivity index (χ1) is 10.1. The lowest BCUT2D eigenvalue weighted by Crippen LogP contribution is -2.30. The van der Waals surface area contributed by atoms with E-state index >= 15 is 0 Å². The minimum absolute atomic E-state index is 0.0419. The first kappa shape index (κ1) is 14.9. The topological polar surface area (TPSA) is 55.1 Å². The van der Waals surface area contributed by atoms with Crippen LogP contribution < -0.4 is 11.1 Å². The van der Waals surface area contributed by atoms with Gasteiger partial charge in [-0.3, -0.25) is 4.79 Å². The Morgan fingerprint density at radius 2 is 2.29 bits per heavy atom. The van der Waals surface area contributed by atoms with Crippen LogP contribution in [0.15, 0.2) is 22.7 Å². The highest BCUT2D eigenvalue weighted by molar-refractivity contribution is 9.10. The average Bonchev–Trinajstić information content (AvgIpc) is 3.01. The number of hydrogen-bond acceptors (Lipinski definition) is 3. The largest absolute Gasteiger partial charge is 0.397 e. The molecule has 0 saturated heterocycles. The molecule has 1 amide bonds. The van der Waals surface area contributed by atoms with Crippen molar-refractivity contribution < 1.29 is 4.79 Å². The van der Waals surface area contributed by atoms with Gasteiger partial charge in [-0.2, -0.15) is 0 Å². The van der Waals surface area contributed by atoms with Gasteiger partial charge >= 0.3 is 0 Å². The van der Waals surface area contributed by atoms with Gasteiger partial charge in [0.05, 0.1) is 5.69 Å². The fourth-order valence-electron chi connectivity index (χ4n) is 3.13. The second-order valence-electron chi connectivity index (χ2n) is 5.84. The number of anilines is 1. The molecule has 1 heterocycles. The van der Waals surface area contributed by atoms with Gasteiger partial charge in [0.2, 0.25) is 0 Å². The molecule has 1 aromatic carbocycles. The van der Waals surface area contributed by atoms with E-state index in [2.05, 4.69) is 28.2 Å². The van der Waals surface area contributed by atoms with Crippen molar-refractivity contribution in [3.63, 3.8) is 0 Å². The third-order valence-corrected chi connectivity index (χ3v) is 6.30. The molecule has 2 aromatic rings. The van der Waals surface area contributed by atoms with Crippen molar-refractivity contribution >= 4 is 48.9 Å². The fraction of sp³-hybridized carbons (Fsp3) is 0.438. The number of carbonyl (C=O) groups is 1. The standard InChI is InChI=1S/C16H19BrN2OS/c1-9-4-2-5-10(9)8-19-16(20)15-14(18)13-11(17)6-3-7-12(13)21-15/h3,6-7,9-10H,2,4-5,8,18H2,1H3,(H,19,20). The van der Waals surface area contributed by atoms with Crippen molar-refractivity contribution in [2.45, 2.75) is 26.2 Å². The molecule has 3 N–H and O–H groups in total. The predicted octanol–water partition coefficient (Wildman–Crippen LogP) is 4.41. The SMILES string of the molecule is CC1CCCC1CNC(=O)c1sc2cccc(Br)c2c1N. The number of halogens is 1. The molecule has 2 atom stereocenters. The normalized spacial score (nSPS) is 21.8. The lowest BCUT2D eigenvalue weighted by Gasteiger charge is -2.15. The van der Waals surface area contributed by atoms with E-state index in [1.165, 1.54) is 30.6 Å². The molecule has 0 bridgehead atoms. The number of amides is 1. The molecule has 3 rings (SSSR count). The predicted molar refractivity (Wildman–Crippen MR) is 92.8 cm³/mol. The number of hydrogen-bond donors (Lipinski definition) is 2. The zero-order valence-corrected chi connectivity index (χ0v) is 14.4. The highest BCUT2D eigenvalue weighted by Crippen LogP contribution is 2.38. The van der Waals surface area contributed by atoms with Gasteiger partial charge in [-0.15, -0.1) is 11.3 Å². The number of benzene rings is 1. The summed E-state index contributed by atoms with van der Waals surface area (Å²) >= 11 is 4.97. The maximum Gasteiger partial charge on any atom is 0.263 e. The van der Waals surface area contributed by atoms with Gasteiger partial charge in [-0.1, -0.05) is 41.8 Å². The number of carbonyl (C=O) groups excluding carboxylic acids is 1. The molecule has 3 nitrogen and oxygen atoms in total. The molecular weight excluding hydrogens is 348 g/mol. The van der Waals surface area contributed by atoms with E-state index in [1.807, 2.05) is 18.2 Å². The van der Waals surface area contributed by atoms with Gasteiger partial charge in [0, 0.05) is 21.1 Å². The second-order valence-corrected chi connectivity index (χ2v) is 7.74.